The minimum absolute atomic E-state index is 0. The summed E-state index contributed by atoms with van der Waals surface area (Å²) in [6.45, 7) is 0. The zero-order valence-electron chi connectivity index (χ0n) is 9.38. The predicted octanol–water partition coefficient (Wildman–Crippen LogP) is 4.60. The van der Waals surface area contributed by atoms with Crippen LogP contribution >= 0.6 is 11.3 Å². The number of nitrogens with zero attached hydrogens (tertiary/aromatic N) is 1. The summed E-state index contributed by atoms with van der Waals surface area (Å²) >= 11 is 1.72. The van der Waals surface area contributed by atoms with Crippen molar-refractivity contribution in [1.82, 2.24) is 4.98 Å². The Bertz CT molecular complexity index is 781. The van der Waals surface area contributed by atoms with Crippen molar-refractivity contribution >= 4 is 43.1 Å². The first-order valence-electron chi connectivity index (χ1n) is 5.58. The molecule has 1 heterocycles. The summed E-state index contributed by atoms with van der Waals surface area (Å²) in [5, 5.41) is 5.17. The van der Waals surface area contributed by atoms with Crippen LogP contribution in [0.15, 0.2) is 54.0 Å². The molecule has 4 aromatic rings. The molecule has 0 bridgehead atoms. The molecule has 3 aromatic carbocycles. The standard InChI is InChI=1S/C15H9NS.Ir/c1-3-7-12-10(5-1)11-6-2-4-8-13(11)15-14(12)16-9-17-15;/h1-9H;. The maximum atomic E-state index is 4.52. The van der Waals surface area contributed by atoms with E-state index in [9.17, 15) is 0 Å². The molecule has 0 aliphatic rings. The monoisotopic (exact) mass is 428 g/mol. The molecule has 0 atom stereocenters. The average molecular weight is 428 g/mol. The molecular formula is C15H9IrNS. The summed E-state index contributed by atoms with van der Waals surface area (Å²) < 4.78 is 1.29. The molecule has 3 heteroatoms. The Kier molecular flexibility index (Phi) is 2.90. The number of fused-ring (bicyclic) bond motifs is 6. The number of benzene rings is 3. The molecule has 0 aliphatic carbocycles. The van der Waals surface area contributed by atoms with Crippen molar-refractivity contribution in [2.24, 2.45) is 0 Å². The maximum absolute atomic E-state index is 4.52. The number of aromatic nitrogens is 1. The fraction of sp³-hybridized carbons (Fsp3) is 0. The van der Waals surface area contributed by atoms with Crippen LogP contribution in [0.3, 0.4) is 0 Å². The first kappa shape index (κ1) is 11.8. The number of hydrogen-bond acceptors (Lipinski definition) is 2. The molecule has 89 valence electrons. The van der Waals surface area contributed by atoms with Crippen LogP contribution < -0.4 is 0 Å². The Morgan fingerprint density at radius 3 is 2.00 bits per heavy atom. The SMILES string of the molecule is [Ir].c1ccc2c(c1)c1ccccc1c1scnc21. The van der Waals surface area contributed by atoms with Crippen molar-refractivity contribution in [2.45, 2.75) is 0 Å². The van der Waals surface area contributed by atoms with Crippen LogP contribution in [0.1, 0.15) is 0 Å². The summed E-state index contributed by atoms with van der Waals surface area (Å²) in [6, 6.07) is 17.1. The van der Waals surface area contributed by atoms with Gasteiger partial charge in [0, 0.05) is 30.9 Å². The third-order valence-electron chi connectivity index (χ3n) is 3.21. The topological polar surface area (TPSA) is 12.9 Å². The molecule has 1 aromatic heterocycles. The van der Waals surface area contributed by atoms with Gasteiger partial charge < -0.3 is 0 Å². The summed E-state index contributed by atoms with van der Waals surface area (Å²) in [5.41, 5.74) is 3.06. The number of hydrogen-bond donors (Lipinski definition) is 0. The molecule has 4 rings (SSSR count). The Hall–Kier alpha value is -1.28. The van der Waals surface area contributed by atoms with Gasteiger partial charge in [-0.1, -0.05) is 48.5 Å². The summed E-state index contributed by atoms with van der Waals surface area (Å²) in [7, 11) is 0. The Morgan fingerprint density at radius 1 is 0.722 bits per heavy atom. The van der Waals surface area contributed by atoms with Crippen LogP contribution in [-0.4, -0.2) is 4.98 Å². The van der Waals surface area contributed by atoms with Crippen molar-refractivity contribution in [2.75, 3.05) is 0 Å². The van der Waals surface area contributed by atoms with E-state index in [2.05, 4.69) is 53.5 Å². The Balaban J connectivity index is 0.000001000. The number of rotatable bonds is 0. The van der Waals surface area contributed by atoms with Crippen molar-refractivity contribution in [3.8, 4) is 0 Å². The van der Waals surface area contributed by atoms with E-state index in [1.807, 2.05) is 5.51 Å². The minimum atomic E-state index is 0. The number of thiazole rings is 1. The van der Waals surface area contributed by atoms with Gasteiger partial charge in [-0.25, -0.2) is 4.98 Å². The van der Waals surface area contributed by atoms with Crippen molar-refractivity contribution in [1.29, 1.82) is 0 Å². The van der Waals surface area contributed by atoms with Crippen molar-refractivity contribution in [3.63, 3.8) is 0 Å². The van der Waals surface area contributed by atoms with E-state index in [4.69, 9.17) is 0 Å². The molecule has 0 saturated heterocycles. The van der Waals surface area contributed by atoms with Crippen molar-refractivity contribution < 1.29 is 20.1 Å². The van der Waals surface area contributed by atoms with Crippen LogP contribution in [0.25, 0.3) is 31.8 Å². The summed E-state index contributed by atoms with van der Waals surface area (Å²) in [4.78, 5) is 4.52. The quantitative estimate of drug-likeness (QED) is 0.374. The largest absolute Gasteiger partial charge is 0.244 e. The second kappa shape index (κ2) is 4.43. The van der Waals surface area contributed by atoms with E-state index < -0.39 is 0 Å². The van der Waals surface area contributed by atoms with E-state index in [-0.39, 0.29) is 20.1 Å². The van der Waals surface area contributed by atoms with Gasteiger partial charge in [0.05, 0.1) is 15.7 Å². The van der Waals surface area contributed by atoms with Crippen LogP contribution in [0.4, 0.5) is 0 Å². The van der Waals surface area contributed by atoms with Crippen molar-refractivity contribution in [3.05, 3.63) is 54.0 Å². The fourth-order valence-electron chi connectivity index (χ4n) is 2.47. The van der Waals surface area contributed by atoms with Crippen LogP contribution in [-0.2, 0) is 20.1 Å². The molecule has 1 radical (unpaired) electrons. The predicted molar refractivity (Wildman–Crippen MR) is 74.6 cm³/mol. The second-order valence-electron chi connectivity index (χ2n) is 4.12. The molecule has 0 N–H and O–H groups in total. The van der Waals surface area contributed by atoms with Gasteiger partial charge in [0.15, 0.2) is 0 Å². The summed E-state index contributed by atoms with van der Waals surface area (Å²) in [6.07, 6.45) is 0. The van der Waals surface area contributed by atoms with Gasteiger partial charge in [0.2, 0.25) is 0 Å². The molecule has 18 heavy (non-hydrogen) atoms. The van der Waals surface area contributed by atoms with E-state index in [1.54, 1.807) is 11.3 Å². The van der Waals surface area contributed by atoms with Gasteiger partial charge in [-0.3, -0.25) is 0 Å². The molecule has 1 nitrogen and oxygen atoms in total. The van der Waals surface area contributed by atoms with E-state index in [0.29, 0.717) is 0 Å². The molecule has 0 unspecified atom stereocenters. The Labute approximate surface area is 122 Å². The van der Waals surface area contributed by atoms with Gasteiger partial charge in [0.25, 0.3) is 0 Å². The molecule has 0 spiro atoms. The van der Waals surface area contributed by atoms with Crippen LogP contribution in [0, 0.1) is 0 Å². The molecule has 0 aliphatic heterocycles. The molecule has 0 fully saturated rings. The van der Waals surface area contributed by atoms with Gasteiger partial charge in [-0.05, 0) is 10.8 Å². The third-order valence-corrected chi connectivity index (χ3v) is 4.07. The third kappa shape index (κ3) is 1.52. The zero-order valence-corrected chi connectivity index (χ0v) is 12.6. The zero-order chi connectivity index (χ0) is 11.2. The first-order valence-corrected chi connectivity index (χ1v) is 6.46. The smallest absolute Gasteiger partial charge is 0.0896 e. The normalized spacial score (nSPS) is 10.9. The van der Waals surface area contributed by atoms with Gasteiger partial charge >= 0.3 is 0 Å². The van der Waals surface area contributed by atoms with Crippen LogP contribution in [0.5, 0.6) is 0 Å². The fourth-order valence-corrected chi connectivity index (χ4v) is 3.31. The minimum Gasteiger partial charge on any atom is -0.244 e. The maximum Gasteiger partial charge on any atom is 0.0896 e. The van der Waals surface area contributed by atoms with Gasteiger partial charge in [-0.2, -0.15) is 0 Å². The molecule has 0 amide bonds. The second-order valence-corrected chi connectivity index (χ2v) is 4.98. The first-order chi connectivity index (χ1) is 8.45. The van der Waals surface area contributed by atoms with Gasteiger partial charge in [0.1, 0.15) is 0 Å². The average Bonchev–Trinajstić information content (AvgIpc) is 2.89. The van der Waals surface area contributed by atoms with E-state index in [0.717, 1.165) is 5.52 Å². The van der Waals surface area contributed by atoms with Gasteiger partial charge in [-0.15, -0.1) is 11.3 Å². The summed E-state index contributed by atoms with van der Waals surface area (Å²) in [5.74, 6) is 0. The van der Waals surface area contributed by atoms with Crippen LogP contribution in [0.2, 0.25) is 0 Å². The van der Waals surface area contributed by atoms with E-state index in [1.165, 1.54) is 26.2 Å². The molecule has 0 saturated carbocycles. The Morgan fingerprint density at radius 2 is 1.28 bits per heavy atom. The van der Waals surface area contributed by atoms with E-state index >= 15 is 0 Å². The molecular weight excluding hydrogens is 418 g/mol.